The summed E-state index contributed by atoms with van der Waals surface area (Å²) in [7, 11) is -2.24. The third-order valence-corrected chi connectivity index (χ3v) is 5.88. The number of methoxy groups -OCH3 is 1. The molecule has 0 fully saturated rings. The van der Waals surface area contributed by atoms with Crippen molar-refractivity contribution in [3.8, 4) is 5.75 Å². The molecule has 0 saturated carbocycles. The van der Waals surface area contributed by atoms with E-state index in [4.69, 9.17) is 4.74 Å². The van der Waals surface area contributed by atoms with Gasteiger partial charge in [0, 0.05) is 6.54 Å². The van der Waals surface area contributed by atoms with Crippen LogP contribution in [-0.4, -0.2) is 26.7 Å². The number of ether oxygens (including phenoxy) is 1. The first-order valence-electron chi connectivity index (χ1n) is 7.56. The molecule has 0 heterocycles. The zero-order chi connectivity index (χ0) is 17.7. The van der Waals surface area contributed by atoms with Crippen LogP contribution < -0.4 is 10.1 Å². The van der Waals surface area contributed by atoms with E-state index in [1.165, 1.54) is 26.2 Å². The van der Waals surface area contributed by atoms with Crippen molar-refractivity contribution in [2.24, 2.45) is 0 Å². The second-order valence-electron chi connectivity index (χ2n) is 5.57. The number of hydrogen-bond acceptors (Lipinski definition) is 4. The molecule has 0 aliphatic carbocycles. The molecule has 1 unspecified atom stereocenters. The number of rotatable bonds is 6. The number of carbonyl (C=O) groups excluding carboxylic acids is 1. The van der Waals surface area contributed by atoms with Crippen molar-refractivity contribution in [1.82, 2.24) is 5.32 Å². The molecular formula is C18H21NO4S. The summed E-state index contributed by atoms with van der Waals surface area (Å²) < 4.78 is 30.1. The summed E-state index contributed by atoms with van der Waals surface area (Å²) in [5.74, 6) is 0.0387. The van der Waals surface area contributed by atoms with E-state index in [0.717, 1.165) is 11.1 Å². The monoisotopic (exact) mass is 347 g/mol. The molecule has 0 aliphatic rings. The van der Waals surface area contributed by atoms with Gasteiger partial charge in [-0.15, -0.1) is 0 Å². The highest BCUT2D eigenvalue weighted by Crippen LogP contribution is 2.20. The van der Waals surface area contributed by atoms with E-state index in [0.29, 0.717) is 12.3 Å². The smallest absolute Gasteiger partial charge is 0.238 e. The zero-order valence-electron chi connectivity index (χ0n) is 13.9. The van der Waals surface area contributed by atoms with Crippen LogP contribution in [-0.2, 0) is 21.2 Å². The molecule has 1 N–H and O–H groups in total. The third kappa shape index (κ3) is 4.14. The maximum Gasteiger partial charge on any atom is 0.238 e. The number of aryl methyl sites for hydroxylation is 1. The molecule has 128 valence electrons. The van der Waals surface area contributed by atoms with Crippen LogP contribution >= 0.6 is 0 Å². The van der Waals surface area contributed by atoms with Crippen LogP contribution in [0.15, 0.2) is 53.4 Å². The van der Waals surface area contributed by atoms with Crippen molar-refractivity contribution in [2.45, 2.75) is 30.5 Å². The molecular weight excluding hydrogens is 326 g/mol. The molecule has 0 radical (unpaired) electrons. The highest BCUT2D eigenvalue weighted by Gasteiger charge is 2.29. The highest BCUT2D eigenvalue weighted by atomic mass is 32.2. The zero-order valence-corrected chi connectivity index (χ0v) is 14.8. The van der Waals surface area contributed by atoms with Crippen LogP contribution in [0.1, 0.15) is 18.1 Å². The topological polar surface area (TPSA) is 72.5 Å². The van der Waals surface area contributed by atoms with Gasteiger partial charge in [0.15, 0.2) is 9.84 Å². The lowest BCUT2D eigenvalue weighted by molar-refractivity contribution is -0.120. The number of sulfone groups is 1. The molecule has 6 heteroatoms. The number of amides is 1. The lowest BCUT2D eigenvalue weighted by atomic mass is 10.1. The van der Waals surface area contributed by atoms with Gasteiger partial charge in [-0.2, -0.15) is 0 Å². The highest BCUT2D eigenvalue weighted by molar-refractivity contribution is 7.92. The van der Waals surface area contributed by atoms with Gasteiger partial charge in [-0.05, 0) is 43.7 Å². The van der Waals surface area contributed by atoms with Crippen LogP contribution in [0.3, 0.4) is 0 Å². The lowest BCUT2D eigenvalue weighted by Gasteiger charge is -2.14. The molecule has 1 amide bonds. The lowest BCUT2D eigenvalue weighted by Crippen LogP contribution is -2.37. The summed E-state index contributed by atoms with van der Waals surface area (Å²) in [5, 5.41) is 1.50. The molecule has 2 aromatic rings. The average Bonchev–Trinajstić information content (AvgIpc) is 2.60. The Balaban J connectivity index is 2.06. The Morgan fingerprint density at radius 3 is 2.21 bits per heavy atom. The van der Waals surface area contributed by atoms with E-state index in [9.17, 15) is 13.2 Å². The van der Waals surface area contributed by atoms with Crippen molar-refractivity contribution >= 4 is 15.7 Å². The van der Waals surface area contributed by atoms with Gasteiger partial charge in [0.05, 0.1) is 12.0 Å². The standard InChI is InChI=1S/C18H21NO4S/c1-13-4-6-15(7-5-13)12-19-18(20)14(2)24(21,22)17-10-8-16(23-3)9-11-17/h4-11,14H,12H2,1-3H3,(H,19,20). The first-order valence-corrected chi connectivity index (χ1v) is 9.10. The van der Waals surface area contributed by atoms with Gasteiger partial charge >= 0.3 is 0 Å². The number of carbonyl (C=O) groups is 1. The quantitative estimate of drug-likeness (QED) is 0.871. The van der Waals surface area contributed by atoms with Gasteiger partial charge in [-0.1, -0.05) is 29.8 Å². The Bertz CT molecular complexity index is 796. The van der Waals surface area contributed by atoms with E-state index < -0.39 is 21.0 Å². The molecule has 2 rings (SSSR count). The average molecular weight is 347 g/mol. The Morgan fingerprint density at radius 1 is 1.08 bits per heavy atom. The minimum absolute atomic E-state index is 0.0984. The van der Waals surface area contributed by atoms with Crippen molar-refractivity contribution < 1.29 is 17.9 Å². The fraction of sp³-hybridized carbons (Fsp3) is 0.278. The summed E-state index contributed by atoms with van der Waals surface area (Å²) in [6.45, 7) is 3.66. The van der Waals surface area contributed by atoms with E-state index in [1.54, 1.807) is 12.1 Å². The normalized spacial score (nSPS) is 12.5. The van der Waals surface area contributed by atoms with E-state index >= 15 is 0 Å². The van der Waals surface area contributed by atoms with Crippen LogP contribution in [0, 0.1) is 6.92 Å². The summed E-state index contributed by atoms with van der Waals surface area (Å²) in [6, 6.07) is 13.7. The second kappa shape index (κ2) is 7.49. The first-order chi connectivity index (χ1) is 11.3. The van der Waals surface area contributed by atoms with Gasteiger partial charge in [0.25, 0.3) is 0 Å². The Morgan fingerprint density at radius 2 is 1.67 bits per heavy atom. The van der Waals surface area contributed by atoms with Crippen LogP contribution in [0.4, 0.5) is 0 Å². The minimum atomic E-state index is -3.74. The van der Waals surface area contributed by atoms with Crippen molar-refractivity contribution in [1.29, 1.82) is 0 Å². The van der Waals surface area contributed by atoms with Gasteiger partial charge in [-0.25, -0.2) is 8.42 Å². The molecule has 0 spiro atoms. The summed E-state index contributed by atoms with van der Waals surface area (Å²) in [6.07, 6.45) is 0. The molecule has 0 saturated heterocycles. The first kappa shape index (κ1) is 18.0. The molecule has 0 bridgehead atoms. The fourth-order valence-electron chi connectivity index (χ4n) is 2.15. The molecule has 2 aromatic carbocycles. The Labute approximate surface area is 142 Å². The molecule has 5 nitrogen and oxygen atoms in total. The van der Waals surface area contributed by atoms with E-state index in [2.05, 4.69) is 5.32 Å². The summed E-state index contributed by atoms with van der Waals surface area (Å²) in [4.78, 5) is 12.3. The molecule has 24 heavy (non-hydrogen) atoms. The predicted molar refractivity (Wildman–Crippen MR) is 92.7 cm³/mol. The number of hydrogen-bond donors (Lipinski definition) is 1. The fourth-order valence-corrected chi connectivity index (χ4v) is 3.44. The SMILES string of the molecule is COc1ccc(S(=O)(=O)C(C)C(=O)NCc2ccc(C)cc2)cc1. The van der Waals surface area contributed by atoms with Gasteiger partial charge < -0.3 is 10.1 Å². The largest absolute Gasteiger partial charge is 0.497 e. The second-order valence-corrected chi connectivity index (χ2v) is 7.83. The number of benzene rings is 2. The van der Waals surface area contributed by atoms with Gasteiger partial charge in [-0.3, -0.25) is 4.79 Å². The molecule has 1 atom stereocenters. The Hall–Kier alpha value is -2.34. The molecule has 0 aliphatic heterocycles. The van der Waals surface area contributed by atoms with E-state index in [1.807, 2.05) is 31.2 Å². The number of nitrogens with one attached hydrogen (secondary N) is 1. The van der Waals surface area contributed by atoms with Crippen molar-refractivity contribution in [3.63, 3.8) is 0 Å². The van der Waals surface area contributed by atoms with Crippen LogP contribution in [0.25, 0.3) is 0 Å². The Kier molecular flexibility index (Phi) is 5.62. The van der Waals surface area contributed by atoms with Crippen molar-refractivity contribution in [3.05, 3.63) is 59.7 Å². The minimum Gasteiger partial charge on any atom is -0.497 e. The van der Waals surface area contributed by atoms with Crippen LogP contribution in [0.5, 0.6) is 5.75 Å². The third-order valence-electron chi connectivity index (χ3n) is 3.81. The van der Waals surface area contributed by atoms with Gasteiger partial charge in [0.1, 0.15) is 11.0 Å². The molecule has 0 aromatic heterocycles. The van der Waals surface area contributed by atoms with Crippen LogP contribution in [0.2, 0.25) is 0 Å². The maximum absolute atomic E-state index is 12.5. The summed E-state index contributed by atoms with van der Waals surface area (Å²) in [5.41, 5.74) is 2.04. The predicted octanol–water partition coefficient (Wildman–Crippen LogP) is 2.48. The van der Waals surface area contributed by atoms with E-state index in [-0.39, 0.29) is 4.90 Å². The summed E-state index contributed by atoms with van der Waals surface area (Å²) >= 11 is 0. The van der Waals surface area contributed by atoms with Gasteiger partial charge in [0.2, 0.25) is 5.91 Å². The maximum atomic E-state index is 12.5. The van der Waals surface area contributed by atoms with Crippen molar-refractivity contribution in [2.75, 3.05) is 7.11 Å².